The summed E-state index contributed by atoms with van der Waals surface area (Å²) in [6, 6.07) is 9.47. The van der Waals surface area contributed by atoms with Crippen LogP contribution < -0.4 is 10.6 Å². The van der Waals surface area contributed by atoms with Crippen LogP contribution in [0.5, 0.6) is 0 Å². The van der Waals surface area contributed by atoms with E-state index in [9.17, 15) is 9.59 Å². The minimum absolute atomic E-state index is 0.368. The van der Waals surface area contributed by atoms with Gasteiger partial charge in [0.25, 0.3) is 0 Å². The maximum Gasteiger partial charge on any atom is 0.321 e. The van der Waals surface area contributed by atoms with Gasteiger partial charge in [-0.05, 0) is 12.5 Å². The van der Waals surface area contributed by atoms with Gasteiger partial charge in [0.2, 0.25) is 5.91 Å². The minimum Gasteiger partial charge on any atom is -0.341 e. The molecule has 1 atom stereocenters. The van der Waals surface area contributed by atoms with E-state index in [0.29, 0.717) is 0 Å². The number of benzene rings is 1. The van der Waals surface area contributed by atoms with E-state index in [1.165, 1.54) is 25.1 Å². The normalized spacial score (nSPS) is 11.9. The second-order valence-corrected chi connectivity index (χ2v) is 7.39. The summed E-state index contributed by atoms with van der Waals surface area (Å²) >= 11 is 2.85. The van der Waals surface area contributed by atoms with E-state index < -0.39 is 11.3 Å². The van der Waals surface area contributed by atoms with Crippen molar-refractivity contribution in [2.24, 2.45) is 0 Å². The first-order valence-electron chi connectivity index (χ1n) is 7.57. The predicted molar refractivity (Wildman–Crippen MR) is 101 cm³/mol. The lowest BCUT2D eigenvalue weighted by atomic mass is 10.1. The van der Waals surface area contributed by atoms with Crippen molar-refractivity contribution in [1.82, 2.24) is 20.6 Å². The molecule has 0 saturated heterocycles. The highest BCUT2D eigenvalue weighted by atomic mass is 32.2. The lowest BCUT2D eigenvalue weighted by Crippen LogP contribution is -2.41. The van der Waals surface area contributed by atoms with E-state index in [1.54, 1.807) is 18.3 Å². The van der Waals surface area contributed by atoms with E-state index in [1.807, 2.05) is 35.7 Å². The topological polar surface area (TPSA) is 84.0 Å². The molecule has 3 aromatic rings. The Morgan fingerprint density at radius 2 is 1.96 bits per heavy atom. The number of thioether (sulfide) groups is 1. The van der Waals surface area contributed by atoms with Crippen LogP contribution in [0.1, 0.15) is 6.92 Å². The number of thiophene rings is 1. The van der Waals surface area contributed by atoms with E-state index in [-0.39, 0.29) is 5.91 Å². The zero-order valence-electron chi connectivity index (χ0n) is 13.6. The summed E-state index contributed by atoms with van der Waals surface area (Å²) < 4.78 is 0. The molecule has 0 bridgehead atoms. The van der Waals surface area contributed by atoms with Crippen molar-refractivity contribution < 1.29 is 9.59 Å². The minimum atomic E-state index is -0.522. The van der Waals surface area contributed by atoms with Crippen LogP contribution in [-0.2, 0) is 4.79 Å². The first-order chi connectivity index (χ1) is 12.1. The number of fused-ring (bicyclic) bond motifs is 1. The van der Waals surface area contributed by atoms with Gasteiger partial charge < -0.3 is 5.32 Å². The molecule has 8 heteroatoms. The average molecular weight is 372 g/mol. The number of urea groups is 1. The predicted octanol–water partition coefficient (Wildman–Crippen LogP) is 3.29. The van der Waals surface area contributed by atoms with Gasteiger partial charge in [0.1, 0.15) is 16.2 Å². The zero-order chi connectivity index (χ0) is 17.8. The molecule has 25 heavy (non-hydrogen) atoms. The van der Waals surface area contributed by atoms with Crippen LogP contribution in [0.4, 0.5) is 4.79 Å². The fourth-order valence-corrected chi connectivity index (χ4v) is 4.18. The molecule has 128 valence electrons. The van der Waals surface area contributed by atoms with Gasteiger partial charge in [-0.3, -0.25) is 10.1 Å². The van der Waals surface area contributed by atoms with Crippen LogP contribution in [0.3, 0.4) is 0 Å². The van der Waals surface area contributed by atoms with Crippen molar-refractivity contribution in [3.63, 3.8) is 0 Å². The molecule has 0 aliphatic rings. The Labute approximate surface area is 153 Å². The standard InChI is InChI=1S/C17H16N4O2S2/c1-10(14(22)21-17(23)18-2)25-16-13-12(11-6-4-3-5-7-11)8-24-15(13)19-9-20-16/h3-10H,1-2H3,(H2,18,21,22,23)/t10-/m0/s1. The van der Waals surface area contributed by atoms with Crippen LogP contribution in [0.25, 0.3) is 21.3 Å². The van der Waals surface area contributed by atoms with Gasteiger partial charge in [-0.25, -0.2) is 14.8 Å². The van der Waals surface area contributed by atoms with Crippen LogP contribution in [-0.4, -0.2) is 34.2 Å². The molecule has 0 fully saturated rings. The van der Waals surface area contributed by atoms with Crippen molar-refractivity contribution in [2.45, 2.75) is 17.2 Å². The highest BCUT2D eigenvalue weighted by Gasteiger charge is 2.20. The van der Waals surface area contributed by atoms with Gasteiger partial charge in [-0.15, -0.1) is 11.3 Å². The third-order valence-corrected chi connectivity index (χ3v) is 5.53. The molecule has 0 aliphatic heterocycles. The number of hydrogen-bond donors (Lipinski definition) is 2. The number of carbonyl (C=O) groups excluding carboxylic acids is 2. The molecule has 2 aromatic heterocycles. The van der Waals surface area contributed by atoms with Gasteiger partial charge in [-0.2, -0.15) is 0 Å². The lowest BCUT2D eigenvalue weighted by molar-refractivity contribution is -0.119. The second-order valence-electron chi connectivity index (χ2n) is 5.20. The molecule has 0 unspecified atom stereocenters. The smallest absolute Gasteiger partial charge is 0.321 e. The molecule has 2 heterocycles. The van der Waals surface area contributed by atoms with Gasteiger partial charge in [0.15, 0.2) is 0 Å². The number of rotatable bonds is 4. The molecule has 0 spiro atoms. The Kier molecular flexibility index (Phi) is 5.30. The number of imide groups is 1. The highest BCUT2D eigenvalue weighted by molar-refractivity contribution is 8.00. The SMILES string of the molecule is CNC(=O)NC(=O)[C@H](C)Sc1ncnc2scc(-c3ccccc3)c12. The number of carbonyl (C=O) groups is 2. The summed E-state index contributed by atoms with van der Waals surface area (Å²) in [4.78, 5) is 33.0. The second kappa shape index (κ2) is 7.62. The van der Waals surface area contributed by atoms with Crippen LogP contribution in [0, 0.1) is 0 Å². The fourth-order valence-electron chi connectivity index (χ4n) is 2.26. The van der Waals surface area contributed by atoms with Gasteiger partial charge >= 0.3 is 6.03 Å². The summed E-state index contributed by atoms with van der Waals surface area (Å²) in [6.07, 6.45) is 1.50. The number of aromatic nitrogens is 2. The number of nitrogens with one attached hydrogen (secondary N) is 2. The molecule has 0 radical (unpaired) electrons. The maximum atomic E-state index is 12.1. The van der Waals surface area contributed by atoms with Crippen LogP contribution in [0.2, 0.25) is 0 Å². The highest BCUT2D eigenvalue weighted by Crippen LogP contribution is 2.38. The number of nitrogens with zero attached hydrogens (tertiary/aromatic N) is 2. The zero-order valence-corrected chi connectivity index (χ0v) is 15.3. The fraction of sp³-hybridized carbons (Fsp3) is 0.176. The van der Waals surface area contributed by atoms with Crippen molar-refractivity contribution >= 4 is 45.3 Å². The summed E-state index contributed by atoms with van der Waals surface area (Å²) in [5.74, 6) is -0.368. The Morgan fingerprint density at radius 1 is 1.20 bits per heavy atom. The third-order valence-electron chi connectivity index (χ3n) is 3.54. The average Bonchev–Trinajstić information content (AvgIpc) is 3.07. The molecular formula is C17H16N4O2S2. The van der Waals surface area contributed by atoms with Gasteiger partial charge in [0.05, 0.1) is 10.6 Å². The van der Waals surface area contributed by atoms with Crippen molar-refractivity contribution in [1.29, 1.82) is 0 Å². The summed E-state index contributed by atoms with van der Waals surface area (Å²) in [7, 11) is 1.46. The Morgan fingerprint density at radius 3 is 2.68 bits per heavy atom. The largest absolute Gasteiger partial charge is 0.341 e. The van der Waals surface area contributed by atoms with Crippen molar-refractivity contribution in [2.75, 3.05) is 7.05 Å². The molecule has 0 aliphatic carbocycles. The summed E-state index contributed by atoms with van der Waals surface area (Å²) in [5.41, 5.74) is 2.12. The quantitative estimate of drug-likeness (QED) is 0.542. The van der Waals surface area contributed by atoms with Crippen molar-refractivity contribution in [3.8, 4) is 11.1 Å². The number of amides is 3. The van der Waals surface area contributed by atoms with E-state index in [4.69, 9.17) is 0 Å². The first kappa shape index (κ1) is 17.4. The molecule has 3 rings (SSSR count). The first-order valence-corrected chi connectivity index (χ1v) is 9.33. The van der Waals surface area contributed by atoms with Crippen LogP contribution in [0.15, 0.2) is 47.1 Å². The van der Waals surface area contributed by atoms with Gasteiger partial charge in [-0.1, -0.05) is 42.1 Å². The Balaban J connectivity index is 1.93. The molecule has 3 amide bonds. The summed E-state index contributed by atoms with van der Waals surface area (Å²) in [5, 5.41) is 7.89. The van der Waals surface area contributed by atoms with E-state index >= 15 is 0 Å². The molecule has 0 saturated carbocycles. The van der Waals surface area contributed by atoms with E-state index in [0.717, 1.165) is 26.4 Å². The van der Waals surface area contributed by atoms with Crippen LogP contribution >= 0.6 is 23.1 Å². The number of hydrogen-bond acceptors (Lipinski definition) is 6. The Bertz CT molecular complexity index is 911. The Hall–Kier alpha value is -2.45. The molecule has 6 nitrogen and oxygen atoms in total. The molecular weight excluding hydrogens is 356 g/mol. The van der Waals surface area contributed by atoms with Crippen molar-refractivity contribution in [3.05, 3.63) is 42.0 Å². The lowest BCUT2D eigenvalue weighted by Gasteiger charge is -2.11. The summed E-state index contributed by atoms with van der Waals surface area (Å²) in [6.45, 7) is 1.74. The van der Waals surface area contributed by atoms with E-state index in [2.05, 4.69) is 20.6 Å². The maximum absolute atomic E-state index is 12.1. The molecule has 2 N–H and O–H groups in total. The monoisotopic (exact) mass is 372 g/mol. The van der Waals surface area contributed by atoms with Gasteiger partial charge in [0, 0.05) is 18.0 Å². The molecule has 1 aromatic carbocycles. The third kappa shape index (κ3) is 3.80.